The highest BCUT2D eigenvalue weighted by Crippen LogP contribution is 2.16. The Balaban J connectivity index is 1.92. The average Bonchev–Trinajstić information content (AvgIpc) is 2.65. The third kappa shape index (κ3) is 3.19. The molecular weight excluding hydrogens is 237 g/mol. The molecule has 0 amide bonds. The predicted octanol–water partition coefficient (Wildman–Crippen LogP) is 2.37. The van der Waals surface area contributed by atoms with Crippen molar-refractivity contribution in [2.24, 2.45) is 0 Å². The molecule has 1 atom stereocenters. The second kappa shape index (κ2) is 4.96. The number of hydrogen-bond donors (Lipinski definition) is 1. The zero-order valence-electron chi connectivity index (χ0n) is 8.04. The van der Waals surface area contributed by atoms with Gasteiger partial charge in [0.2, 0.25) is 5.28 Å². The molecule has 0 aliphatic carbocycles. The van der Waals surface area contributed by atoms with Gasteiger partial charge >= 0.3 is 0 Å². The number of halogens is 2. The van der Waals surface area contributed by atoms with Crippen LogP contribution in [-0.4, -0.2) is 29.2 Å². The normalized spacial score (nSPS) is 20.5. The molecule has 0 unspecified atom stereocenters. The highest BCUT2D eigenvalue weighted by molar-refractivity contribution is 6.32. The topological polar surface area (TPSA) is 47.0 Å². The summed E-state index contributed by atoms with van der Waals surface area (Å²) in [5.74, 6) is 0.635. The average molecular weight is 248 g/mol. The van der Waals surface area contributed by atoms with E-state index in [1.807, 2.05) is 0 Å². The molecule has 6 heteroatoms. The van der Waals surface area contributed by atoms with Crippen LogP contribution in [0.25, 0.3) is 0 Å². The zero-order chi connectivity index (χ0) is 10.7. The van der Waals surface area contributed by atoms with Crippen molar-refractivity contribution in [2.75, 3.05) is 18.5 Å². The van der Waals surface area contributed by atoms with Crippen LogP contribution in [0, 0.1) is 0 Å². The molecule has 0 aromatic carbocycles. The Kier molecular flexibility index (Phi) is 3.61. The summed E-state index contributed by atoms with van der Waals surface area (Å²) < 4.78 is 5.46. The van der Waals surface area contributed by atoms with Crippen LogP contribution in [-0.2, 0) is 4.74 Å². The Morgan fingerprint density at radius 2 is 2.33 bits per heavy atom. The minimum absolute atomic E-state index is 0.150. The molecule has 1 saturated heterocycles. The molecular formula is C9H11Cl2N3O. The van der Waals surface area contributed by atoms with Crippen LogP contribution in [0.2, 0.25) is 10.4 Å². The van der Waals surface area contributed by atoms with E-state index in [2.05, 4.69) is 15.3 Å². The standard InChI is InChI=1S/C9H11Cl2N3O/c10-7-4-8(14-9(11)13-7)12-5-6-2-1-3-15-6/h4,6H,1-3,5H2,(H,12,13,14)/t6-/m0/s1. The van der Waals surface area contributed by atoms with E-state index in [0.29, 0.717) is 11.0 Å². The van der Waals surface area contributed by atoms with E-state index in [9.17, 15) is 0 Å². The van der Waals surface area contributed by atoms with Gasteiger partial charge in [-0.2, -0.15) is 0 Å². The molecule has 1 aromatic heterocycles. The van der Waals surface area contributed by atoms with E-state index < -0.39 is 0 Å². The minimum Gasteiger partial charge on any atom is -0.376 e. The molecule has 82 valence electrons. The Bertz CT molecular complexity index is 322. The van der Waals surface area contributed by atoms with Gasteiger partial charge in [-0.25, -0.2) is 9.97 Å². The van der Waals surface area contributed by atoms with Crippen molar-refractivity contribution < 1.29 is 4.74 Å². The summed E-state index contributed by atoms with van der Waals surface area (Å²) in [6.45, 7) is 1.57. The van der Waals surface area contributed by atoms with Gasteiger partial charge in [0.1, 0.15) is 11.0 Å². The summed E-state index contributed by atoms with van der Waals surface area (Å²) >= 11 is 11.4. The van der Waals surface area contributed by atoms with E-state index in [1.54, 1.807) is 6.07 Å². The molecule has 2 heterocycles. The maximum atomic E-state index is 5.74. The van der Waals surface area contributed by atoms with Crippen LogP contribution in [0.1, 0.15) is 12.8 Å². The van der Waals surface area contributed by atoms with Gasteiger partial charge in [-0.1, -0.05) is 11.6 Å². The van der Waals surface area contributed by atoms with E-state index in [1.165, 1.54) is 0 Å². The van der Waals surface area contributed by atoms with E-state index in [0.717, 1.165) is 26.0 Å². The fraction of sp³-hybridized carbons (Fsp3) is 0.556. The largest absolute Gasteiger partial charge is 0.376 e. The fourth-order valence-electron chi connectivity index (χ4n) is 1.50. The fourth-order valence-corrected chi connectivity index (χ4v) is 1.91. The van der Waals surface area contributed by atoms with Gasteiger partial charge in [0.05, 0.1) is 6.10 Å². The van der Waals surface area contributed by atoms with E-state index in [-0.39, 0.29) is 11.4 Å². The number of rotatable bonds is 3. The van der Waals surface area contributed by atoms with Crippen LogP contribution in [0.15, 0.2) is 6.07 Å². The Morgan fingerprint density at radius 3 is 3.00 bits per heavy atom. The molecule has 0 spiro atoms. The van der Waals surface area contributed by atoms with Gasteiger partial charge in [0.25, 0.3) is 0 Å². The van der Waals surface area contributed by atoms with Crippen LogP contribution in [0.5, 0.6) is 0 Å². The molecule has 4 nitrogen and oxygen atoms in total. The first-order valence-corrected chi connectivity index (χ1v) is 5.55. The van der Waals surface area contributed by atoms with Gasteiger partial charge in [-0.15, -0.1) is 0 Å². The first kappa shape index (κ1) is 10.9. The minimum atomic E-state index is 0.150. The SMILES string of the molecule is Clc1cc(NC[C@@H]2CCCO2)nc(Cl)n1. The number of nitrogens with one attached hydrogen (secondary N) is 1. The van der Waals surface area contributed by atoms with Gasteiger partial charge in [0.15, 0.2) is 0 Å². The van der Waals surface area contributed by atoms with Gasteiger partial charge < -0.3 is 10.1 Å². The highest BCUT2D eigenvalue weighted by atomic mass is 35.5. The van der Waals surface area contributed by atoms with E-state index >= 15 is 0 Å². The van der Waals surface area contributed by atoms with Crippen molar-refractivity contribution in [1.29, 1.82) is 0 Å². The zero-order valence-corrected chi connectivity index (χ0v) is 9.55. The summed E-state index contributed by atoms with van der Waals surface area (Å²) in [5, 5.41) is 3.61. The number of hydrogen-bond acceptors (Lipinski definition) is 4. The third-order valence-electron chi connectivity index (χ3n) is 2.20. The van der Waals surface area contributed by atoms with Gasteiger partial charge in [0, 0.05) is 19.2 Å². The predicted molar refractivity (Wildman–Crippen MR) is 59.5 cm³/mol. The van der Waals surface area contributed by atoms with Crippen LogP contribution in [0.4, 0.5) is 5.82 Å². The molecule has 0 radical (unpaired) electrons. The first-order valence-electron chi connectivity index (χ1n) is 4.79. The number of ether oxygens (including phenoxy) is 1. The highest BCUT2D eigenvalue weighted by Gasteiger charge is 2.15. The lowest BCUT2D eigenvalue weighted by Crippen LogP contribution is -2.19. The number of anilines is 1. The molecule has 1 aliphatic heterocycles. The second-order valence-corrected chi connectivity index (χ2v) is 4.09. The summed E-state index contributed by atoms with van der Waals surface area (Å²) in [6.07, 6.45) is 2.47. The summed E-state index contributed by atoms with van der Waals surface area (Å²) in [4.78, 5) is 7.76. The maximum Gasteiger partial charge on any atom is 0.225 e. The third-order valence-corrected chi connectivity index (χ3v) is 2.57. The van der Waals surface area contributed by atoms with Gasteiger partial charge in [-0.05, 0) is 24.4 Å². The first-order chi connectivity index (χ1) is 7.24. The second-order valence-electron chi connectivity index (χ2n) is 3.36. The molecule has 0 saturated carbocycles. The molecule has 15 heavy (non-hydrogen) atoms. The van der Waals surface area contributed by atoms with Crippen molar-refractivity contribution in [3.63, 3.8) is 0 Å². The Labute approximate surface area is 98.0 Å². The Morgan fingerprint density at radius 1 is 1.47 bits per heavy atom. The monoisotopic (exact) mass is 247 g/mol. The molecule has 1 fully saturated rings. The van der Waals surface area contributed by atoms with Crippen molar-refractivity contribution >= 4 is 29.0 Å². The van der Waals surface area contributed by atoms with Gasteiger partial charge in [-0.3, -0.25) is 0 Å². The lowest BCUT2D eigenvalue weighted by atomic mass is 10.2. The summed E-state index contributed by atoms with van der Waals surface area (Å²) in [5.41, 5.74) is 0. The van der Waals surface area contributed by atoms with Crippen LogP contribution in [0.3, 0.4) is 0 Å². The number of nitrogens with zero attached hydrogens (tertiary/aromatic N) is 2. The van der Waals surface area contributed by atoms with Crippen LogP contribution < -0.4 is 5.32 Å². The number of aromatic nitrogens is 2. The van der Waals surface area contributed by atoms with E-state index in [4.69, 9.17) is 27.9 Å². The molecule has 2 rings (SSSR count). The quantitative estimate of drug-likeness (QED) is 0.659. The summed E-state index contributed by atoms with van der Waals surface area (Å²) in [6, 6.07) is 1.64. The molecule has 1 aliphatic rings. The van der Waals surface area contributed by atoms with Crippen molar-refractivity contribution in [3.05, 3.63) is 16.5 Å². The Hall–Kier alpha value is -0.580. The van der Waals surface area contributed by atoms with Crippen molar-refractivity contribution in [1.82, 2.24) is 9.97 Å². The smallest absolute Gasteiger partial charge is 0.225 e. The molecule has 0 bridgehead atoms. The maximum absolute atomic E-state index is 5.74. The molecule has 1 aromatic rings. The van der Waals surface area contributed by atoms with Crippen molar-refractivity contribution in [3.8, 4) is 0 Å². The summed E-state index contributed by atoms with van der Waals surface area (Å²) in [7, 11) is 0. The molecule has 1 N–H and O–H groups in total. The lowest BCUT2D eigenvalue weighted by molar-refractivity contribution is 0.120. The van der Waals surface area contributed by atoms with Crippen LogP contribution >= 0.6 is 23.2 Å². The van der Waals surface area contributed by atoms with Crippen molar-refractivity contribution in [2.45, 2.75) is 18.9 Å². The lowest BCUT2D eigenvalue weighted by Gasteiger charge is -2.11.